The summed E-state index contributed by atoms with van der Waals surface area (Å²) in [5, 5.41) is 0. The minimum atomic E-state index is -0.494. The van der Waals surface area contributed by atoms with E-state index in [0.29, 0.717) is 0 Å². The number of fused-ring (bicyclic) bond motifs is 9. The summed E-state index contributed by atoms with van der Waals surface area (Å²) in [5.74, 6) is 1.77. The first-order valence-corrected chi connectivity index (χ1v) is 21.7. The van der Waals surface area contributed by atoms with Crippen LogP contribution in [0.4, 0.5) is 17.1 Å². The molecule has 1 aliphatic carbocycles. The smallest absolute Gasteiger partial charge is 0.132 e. The van der Waals surface area contributed by atoms with Gasteiger partial charge in [-0.15, -0.1) is 0 Å². The molecule has 0 saturated carbocycles. The van der Waals surface area contributed by atoms with Crippen LogP contribution in [0.5, 0.6) is 11.5 Å². The zero-order valence-corrected chi connectivity index (χ0v) is 34.5. The molecule has 1 heterocycles. The van der Waals surface area contributed by atoms with E-state index in [1.54, 1.807) is 0 Å². The average Bonchev–Trinajstić information content (AvgIpc) is 3.65. The van der Waals surface area contributed by atoms with E-state index in [1.807, 2.05) is 0 Å². The maximum atomic E-state index is 6.91. The van der Waals surface area contributed by atoms with Crippen molar-refractivity contribution in [3.05, 3.63) is 271 Å². The van der Waals surface area contributed by atoms with E-state index in [0.717, 1.165) is 56.4 Å². The third-order valence-electron chi connectivity index (χ3n) is 12.9. The lowest BCUT2D eigenvalue weighted by Crippen LogP contribution is -2.32. The highest BCUT2D eigenvalue weighted by Gasteiger charge is 2.50. The molecule has 12 rings (SSSR count). The Morgan fingerprint density at radius 2 is 0.794 bits per heavy atom. The molecule has 0 unspecified atom stereocenters. The maximum absolute atomic E-state index is 6.91. The lowest BCUT2D eigenvalue weighted by Gasteiger charge is -2.39. The Hall–Kier alpha value is -8.20. The highest BCUT2D eigenvalue weighted by Crippen LogP contribution is 2.62. The van der Waals surface area contributed by atoms with Gasteiger partial charge in [0.1, 0.15) is 11.5 Å². The maximum Gasteiger partial charge on any atom is 0.132 e. The molecule has 296 valence electrons. The summed E-state index contributed by atoms with van der Waals surface area (Å²) in [6.45, 7) is 0. The molecule has 2 nitrogen and oxygen atoms in total. The highest BCUT2D eigenvalue weighted by molar-refractivity contribution is 5.94. The van der Waals surface area contributed by atoms with E-state index < -0.39 is 5.41 Å². The Bertz CT molecular complexity index is 3270. The van der Waals surface area contributed by atoms with Crippen LogP contribution in [-0.2, 0) is 5.41 Å². The number of hydrogen-bond acceptors (Lipinski definition) is 2. The van der Waals surface area contributed by atoms with Crippen molar-refractivity contribution in [1.29, 1.82) is 0 Å². The van der Waals surface area contributed by atoms with E-state index in [1.165, 1.54) is 50.1 Å². The van der Waals surface area contributed by atoms with Gasteiger partial charge in [-0.2, -0.15) is 0 Å². The molecule has 1 spiro atoms. The van der Waals surface area contributed by atoms with Gasteiger partial charge in [0.2, 0.25) is 0 Å². The molecule has 63 heavy (non-hydrogen) atoms. The first-order chi connectivity index (χ1) is 31.3. The standard InChI is InChI=1S/C61H41NO/c1-4-19-42(20-5-1)49-37-36-48(62(47-25-8-3-9-26-47)58-33-16-12-27-50(58)43-21-6-2-7-22-43)41-53(49)46-24-18-23-44(39-46)45-35-38-57-60(40-45)63-59-34-17-15-32-56(59)61(57)54-30-13-10-28-51(54)52-29-11-14-31-55(52)61/h1-41H. The van der Waals surface area contributed by atoms with E-state index in [-0.39, 0.29) is 0 Å². The first kappa shape index (κ1) is 36.6. The fourth-order valence-corrected chi connectivity index (χ4v) is 10.2. The third kappa shape index (κ3) is 5.95. The molecule has 0 N–H and O–H groups in total. The van der Waals surface area contributed by atoms with Crippen LogP contribution in [0.2, 0.25) is 0 Å². The van der Waals surface area contributed by atoms with Crippen LogP contribution in [-0.4, -0.2) is 0 Å². The predicted molar refractivity (Wildman–Crippen MR) is 260 cm³/mol. The van der Waals surface area contributed by atoms with E-state index >= 15 is 0 Å². The number of rotatable bonds is 7. The number of anilines is 3. The van der Waals surface area contributed by atoms with Crippen LogP contribution in [0.1, 0.15) is 22.3 Å². The molecule has 1 aliphatic heterocycles. The van der Waals surface area contributed by atoms with Gasteiger partial charge in [-0.3, -0.25) is 0 Å². The first-order valence-electron chi connectivity index (χ1n) is 21.7. The van der Waals surface area contributed by atoms with Crippen molar-refractivity contribution < 1.29 is 4.74 Å². The van der Waals surface area contributed by atoms with E-state index in [4.69, 9.17) is 4.74 Å². The van der Waals surface area contributed by atoms with Gasteiger partial charge in [-0.1, -0.05) is 200 Å². The Morgan fingerprint density at radius 1 is 0.270 bits per heavy atom. The van der Waals surface area contributed by atoms with Crippen LogP contribution in [0, 0.1) is 0 Å². The molecule has 0 amide bonds. The van der Waals surface area contributed by atoms with Gasteiger partial charge < -0.3 is 9.64 Å². The van der Waals surface area contributed by atoms with Crippen LogP contribution in [0.3, 0.4) is 0 Å². The van der Waals surface area contributed by atoms with Crippen molar-refractivity contribution in [1.82, 2.24) is 0 Å². The molecule has 10 aromatic carbocycles. The van der Waals surface area contributed by atoms with Gasteiger partial charge in [-0.05, 0) is 110 Å². The number of nitrogens with zero attached hydrogens (tertiary/aromatic N) is 1. The molecule has 0 atom stereocenters. The third-order valence-corrected chi connectivity index (χ3v) is 12.9. The Morgan fingerprint density at radius 3 is 1.51 bits per heavy atom. The highest BCUT2D eigenvalue weighted by atomic mass is 16.5. The van der Waals surface area contributed by atoms with Crippen molar-refractivity contribution in [2.75, 3.05) is 4.90 Å². The SMILES string of the molecule is c1ccc(-c2ccc(N(c3ccccc3)c3ccccc3-c3ccccc3)cc2-c2cccc(-c3ccc4c(c3)Oc3ccccc3C43c4ccccc4-c4ccccc43)c2)cc1. The van der Waals surface area contributed by atoms with Crippen molar-refractivity contribution >= 4 is 17.1 Å². The number of ether oxygens (including phenoxy) is 1. The second-order valence-corrected chi connectivity index (χ2v) is 16.4. The Balaban J connectivity index is 1.02. The summed E-state index contributed by atoms with van der Waals surface area (Å²) in [6.07, 6.45) is 0. The van der Waals surface area contributed by atoms with Crippen LogP contribution in [0.25, 0.3) is 55.6 Å². The zero-order chi connectivity index (χ0) is 41.7. The lowest BCUT2D eigenvalue weighted by atomic mass is 9.66. The Kier molecular flexibility index (Phi) is 8.76. The van der Waals surface area contributed by atoms with E-state index in [9.17, 15) is 0 Å². The average molecular weight is 804 g/mol. The van der Waals surface area contributed by atoms with Crippen molar-refractivity contribution in [3.8, 4) is 67.1 Å². The molecule has 0 saturated heterocycles. The minimum Gasteiger partial charge on any atom is -0.457 e. The normalized spacial score (nSPS) is 12.7. The molecule has 2 heteroatoms. The van der Waals surface area contributed by atoms with Crippen LogP contribution < -0.4 is 9.64 Å². The fraction of sp³-hybridized carbons (Fsp3) is 0.0164. The molecular formula is C61H41NO. The molecular weight excluding hydrogens is 763 g/mol. The molecule has 0 radical (unpaired) electrons. The largest absolute Gasteiger partial charge is 0.457 e. The topological polar surface area (TPSA) is 12.5 Å². The lowest BCUT2D eigenvalue weighted by molar-refractivity contribution is 0.436. The van der Waals surface area contributed by atoms with Gasteiger partial charge >= 0.3 is 0 Å². The molecule has 0 fully saturated rings. The van der Waals surface area contributed by atoms with Gasteiger partial charge in [0.15, 0.2) is 0 Å². The molecule has 0 aromatic heterocycles. The number of benzene rings is 10. The predicted octanol–water partition coefficient (Wildman–Crippen LogP) is 16.3. The Labute approximate surface area is 368 Å². The number of hydrogen-bond donors (Lipinski definition) is 0. The van der Waals surface area contributed by atoms with Crippen molar-refractivity contribution in [2.24, 2.45) is 0 Å². The van der Waals surface area contributed by atoms with Crippen LogP contribution >= 0.6 is 0 Å². The summed E-state index contributed by atoms with van der Waals surface area (Å²) < 4.78 is 6.91. The van der Waals surface area contributed by atoms with Crippen LogP contribution in [0.15, 0.2) is 249 Å². The van der Waals surface area contributed by atoms with E-state index in [2.05, 4.69) is 254 Å². The summed E-state index contributed by atoms with van der Waals surface area (Å²) in [7, 11) is 0. The summed E-state index contributed by atoms with van der Waals surface area (Å²) >= 11 is 0. The number of para-hydroxylation sites is 3. The van der Waals surface area contributed by atoms with Gasteiger partial charge in [0, 0.05) is 28.1 Å². The second kappa shape index (κ2) is 15.1. The second-order valence-electron chi connectivity index (χ2n) is 16.4. The van der Waals surface area contributed by atoms with Gasteiger partial charge in [0.05, 0.1) is 11.1 Å². The van der Waals surface area contributed by atoms with Gasteiger partial charge in [0.25, 0.3) is 0 Å². The van der Waals surface area contributed by atoms with Gasteiger partial charge in [-0.25, -0.2) is 0 Å². The fourth-order valence-electron chi connectivity index (χ4n) is 10.2. The summed E-state index contributed by atoms with van der Waals surface area (Å²) in [6, 6.07) is 89.9. The molecule has 2 aliphatic rings. The molecule has 10 aromatic rings. The van der Waals surface area contributed by atoms with Crippen molar-refractivity contribution in [2.45, 2.75) is 5.41 Å². The minimum absolute atomic E-state index is 0.494. The van der Waals surface area contributed by atoms with Crippen molar-refractivity contribution in [3.63, 3.8) is 0 Å². The summed E-state index contributed by atoms with van der Waals surface area (Å²) in [4.78, 5) is 2.39. The quantitative estimate of drug-likeness (QED) is 0.159. The summed E-state index contributed by atoms with van der Waals surface area (Å²) in [5.41, 5.74) is 19.5. The monoisotopic (exact) mass is 803 g/mol. The zero-order valence-electron chi connectivity index (χ0n) is 34.5. The molecule has 0 bridgehead atoms.